The Morgan fingerprint density at radius 3 is 2.64 bits per heavy atom. The summed E-state index contributed by atoms with van der Waals surface area (Å²) in [7, 11) is 0. The van der Waals surface area contributed by atoms with E-state index in [-0.39, 0.29) is 11.5 Å². The first kappa shape index (κ1) is 8.68. The van der Waals surface area contributed by atoms with E-state index in [0.29, 0.717) is 17.7 Å². The van der Waals surface area contributed by atoms with Gasteiger partial charge in [-0.3, -0.25) is 0 Å². The van der Waals surface area contributed by atoms with E-state index in [9.17, 15) is 15.0 Å². The lowest BCUT2D eigenvalue weighted by atomic mass is 10.1. The number of carboxylic acid groups (broad SMARTS) is 1. The first-order valence-electron chi connectivity index (χ1n) is 4.12. The lowest BCUT2D eigenvalue weighted by molar-refractivity contribution is -0.137. The highest BCUT2D eigenvalue weighted by molar-refractivity contribution is 5.82. The average molecular weight is 195 g/mol. The van der Waals surface area contributed by atoms with Gasteiger partial charge in [0.25, 0.3) is 0 Å². The molecule has 5 heteroatoms. The minimum atomic E-state index is -0.944. The average Bonchev–Trinajstić information content (AvgIpc) is 2.48. The third kappa shape index (κ3) is 1.22. The molecule has 0 saturated carbocycles. The second kappa shape index (κ2) is 2.80. The van der Waals surface area contributed by atoms with Crippen molar-refractivity contribution >= 4 is 11.7 Å². The van der Waals surface area contributed by atoms with Gasteiger partial charge in [-0.05, 0) is 11.6 Å². The molecule has 4 N–H and O–H groups in total. The van der Waals surface area contributed by atoms with Crippen molar-refractivity contribution in [3.8, 4) is 11.5 Å². The number of anilines is 1. The number of nitrogens with one attached hydrogen (secondary N) is 1. The van der Waals surface area contributed by atoms with Crippen LogP contribution in [-0.2, 0) is 11.2 Å². The second-order valence-corrected chi connectivity index (χ2v) is 3.24. The SMILES string of the molecule is O=C(O)[C@H]1Cc2cc(O)c(O)cc2N1. The minimum absolute atomic E-state index is 0.225. The molecule has 14 heavy (non-hydrogen) atoms. The minimum Gasteiger partial charge on any atom is -0.504 e. The van der Waals surface area contributed by atoms with Gasteiger partial charge in [0, 0.05) is 18.2 Å². The number of aliphatic carboxylic acids is 1. The Balaban J connectivity index is 2.36. The number of phenols is 2. The van der Waals surface area contributed by atoms with E-state index in [1.54, 1.807) is 0 Å². The molecular weight excluding hydrogens is 186 g/mol. The Kier molecular flexibility index (Phi) is 1.73. The Bertz CT molecular complexity index is 371. The highest BCUT2D eigenvalue weighted by Crippen LogP contribution is 2.35. The number of rotatable bonds is 1. The number of phenolic OH excluding ortho intramolecular Hbond substituents is 2. The molecule has 1 aliphatic heterocycles. The maximum absolute atomic E-state index is 10.7. The molecule has 0 spiro atoms. The van der Waals surface area contributed by atoms with Gasteiger partial charge < -0.3 is 20.6 Å². The number of carbonyl (C=O) groups is 1. The summed E-state index contributed by atoms with van der Waals surface area (Å²) in [5.41, 5.74) is 1.26. The third-order valence-electron chi connectivity index (χ3n) is 2.25. The zero-order valence-corrected chi connectivity index (χ0v) is 7.19. The first-order chi connectivity index (χ1) is 6.58. The van der Waals surface area contributed by atoms with Gasteiger partial charge in [-0.1, -0.05) is 0 Å². The smallest absolute Gasteiger partial charge is 0.326 e. The molecule has 0 unspecified atom stereocenters. The number of fused-ring (bicyclic) bond motifs is 1. The predicted octanol–water partition coefficient (Wildman–Crippen LogP) is 0.519. The molecule has 1 heterocycles. The van der Waals surface area contributed by atoms with Crippen LogP contribution in [0, 0.1) is 0 Å². The Labute approximate surface area is 79.6 Å². The van der Waals surface area contributed by atoms with Crippen molar-refractivity contribution in [1.29, 1.82) is 0 Å². The third-order valence-corrected chi connectivity index (χ3v) is 2.25. The van der Waals surface area contributed by atoms with Crippen molar-refractivity contribution < 1.29 is 20.1 Å². The zero-order valence-electron chi connectivity index (χ0n) is 7.19. The lowest BCUT2D eigenvalue weighted by Crippen LogP contribution is -2.26. The van der Waals surface area contributed by atoms with E-state index < -0.39 is 12.0 Å². The maximum Gasteiger partial charge on any atom is 0.326 e. The molecule has 5 nitrogen and oxygen atoms in total. The lowest BCUT2D eigenvalue weighted by Gasteiger charge is -2.04. The molecule has 1 aromatic carbocycles. The molecule has 1 aromatic rings. The predicted molar refractivity (Wildman–Crippen MR) is 48.5 cm³/mol. The van der Waals surface area contributed by atoms with Gasteiger partial charge in [0.2, 0.25) is 0 Å². The first-order valence-corrected chi connectivity index (χ1v) is 4.12. The number of aromatic hydroxyl groups is 2. The van der Waals surface area contributed by atoms with Crippen LogP contribution in [0.1, 0.15) is 5.56 Å². The summed E-state index contributed by atoms with van der Waals surface area (Å²) < 4.78 is 0. The number of hydrogen-bond donors (Lipinski definition) is 4. The van der Waals surface area contributed by atoms with Crippen LogP contribution >= 0.6 is 0 Å². The van der Waals surface area contributed by atoms with Crippen molar-refractivity contribution in [2.75, 3.05) is 5.32 Å². The van der Waals surface area contributed by atoms with Crippen LogP contribution in [0.3, 0.4) is 0 Å². The van der Waals surface area contributed by atoms with Gasteiger partial charge in [-0.2, -0.15) is 0 Å². The second-order valence-electron chi connectivity index (χ2n) is 3.24. The largest absolute Gasteiger partial charge is 0.504 e. The van der Waals surface area contributed by atoms with Crippen LogP contribution in [-0.4, -0.2) is 27.3 Å². The molecule has 74 valence electrons. The molecule has 0 fully saturated rings. The van der Waals surface area contributed by atoms with Gasteiger partial charge in [0.1, 0.15) is 6.04 Å². The highest BCUT2D eigenvalue weighted by atomic mass is 16.4. The van der Waals surface area contributed by atoms with Crippen molar-refractivity contribution in [2.24, 2.45) is 0 Å². The summed E-state index contributed by atoms with van der Waals surface area (Å²) in [5, 5.41) is 29.8. The summed E-state index contributed by atoms with van der Waals surface area (Å²) in [6, 6.07) is 2.03. The van der Waals surface area contributed by atoms with Crippen molar-refractivity contribution in [3.05, 3.63) is 17.7 Å². The molecule has 1 atom stereocenters. The van der Waals surface area contributed by atoms with E-state index in [4.69, 9.17) is 5.11 Å². The molecule has 0 saturated heterocycles. The Morgan fingerprint density at radius 2 is 2.00 bits per heavy atom. The van der Waals surface area contributed by atoms with Crippen LogP contribution in [0.25, 0.3) is 0 Å². The number of hydrogen-bond acceptors (Lipinski definition) is 4. The fourth-order valence-electron chi connectivity index (χ4n) is 1.53. The fourth-order valence-corrected chi connectivity index (χ4v) is 1.53. The van der Waals surface area contributed by atoms with Gasteiger partial charge in [-0.15, -0.1) is 0 Å². The van der Waals surface area contributed by atoms with E-state index in [2.05, 4.69) is 5.32 Å². The van der Waals surface area contributed by atoms with Crippen molar-refractivity contribution in [3.63, 3.8) is 0 Å². The molecule has 2 rings (SSSR count). The monoisotopic (exact) mass is 195 g/mol. The molecular formula is C9H9NO4. The van der Waals surface area contributed by atoms with Crippen molar-refractivity contribution in [1.82, 2.24) is 0 Å². The van der Waals surface area contributed by atoms with E-state index >= 15 is 0 Å². The fraction of sp³-hybridized carbons (Fsp3) is 0.222. The van der Waals surface area contributed by atoms with E-state index in [0.717, 1.165) is 0 Å². The molecule has 0 aliphatic carbocycles. The summed E-state index contributed by atoms with van der Waals surface area (Å²) in [6.45, 7) is 0. The number of carboxylic acids is 1. The van der Waals surface area contributed by atoms with Crippen LogP contribution in [0.4, 0.5) is 5.69 Å². The summed E-state index contributed by atoms with van der Waals surface area (Å²) >= 11 is 0. The zero-order chi connectivity index (χ0) is 10.3. The van der Waals surface area contributed by atoms with Gasteiger partial charge in [0.15, 0.2) is 11.5 Å². The Morgan fingerprint density at radius 1 is 1.36 bits per heavy atom. The summed E-state index contributed by atoms with van der Waals surface area (Å²) in [4.78, 5) is 10.7. The van der Waals surface area contributed by atoms with E-state index in [1.807, 2.05) is 0 Å². The maximum atomic E-state index is 10.7. The normalized spacial score (nSPS) is 18.7. The topological polar surface area (TPSA) is 89.8 Å². The Hall–Kier alpha value is -1.91. The number of benzene rings is 1. The molecule has 0 radical (unpaired) electrons. The highest BCUT2D eigenvalue weighted by Gasteiger charge is 2.27. The summed E-state index contributed by atoms with van der Waals surface area (Å²) in [6.07, 6.45) is 0.318. The molecule has 0 bridgehead atoms. The van der Waals surface area contributed by atoms with Crippen molar-refractivity contribution in [2.45, 2.75) is 12.5 Å². The van der Waals surface area contributed by atoms with Gasteiger partial charge in [-0.25, -0.2) is 4.79 Å². The van der Waals surface area contributed by atoms with E-state index in [1.165, 1.54) is 12.1 Å². The molecule has 0 aromatic heterocycles. The van der Waals surface area contributed by atoms with Crippen LogP contribution in [0.2, 0.25) is 0 Å². The standard InChI is InChI=1S/C9H9NO4/c11-7-2-4-1-6(9(13)14)10-5(4)3-8(7)12/h2-3,6,10-12H,1H2,(H,13,14)/t6-/m1/s1. The summed E-state index contributed by atoms with van der Waals surface area (Å²) in [5.74, 6) is -1.42. The quantitative estimate of drug-likeness (QED) is 0.387. The molecule has 0 amide bonds. The van der Waals surface area contributed by atoms with Gasteiger partial charge >= 0.3 is 5.97 Å². The van der Waals surface area contributed by atoms with Crippen LogP contribution in [0.5, 0.6) is 11.5 Å². The van der Waals surface area contributed by atoms with Crippen LogP contribution < -0.4 is 5.32 Å². The van der Waals surface area contributed by atoms with Crippen LogP contribution in [0.15, 0.2) is 12.1 Å². The molecule has 1 aliphatic rings. The van der Waals surface area contributed by atoms with Gasteiger partial charge in [0.05, 0.1) is 0 Å².